The van der Waals surface area contributed by atoms with Gasteiger partial charge in [0.1, 0.15) is 16.8 Å². The number of hydrogen-bond acceptors (Lipinski definition) is 3. The van der Waals surface area contributed by atoms with Crippen LogP contribution in [0.25, 0.3) is 99.7 Å². The van der Waals surface area contributed by atoms with Crippen LogP contribution >= 0.6 is 0 Å². The van der Waals surface area contributed by atoms with Gasteiger partial charge in [0.25, 0.3) is 0 Å². The van der Waals surface area contributed by atoms with Crippen molar-refractivity contribution in [2.45, 2.75) is 0 Å². The molecule has 0 radical (unpaired) electrons. The van der Waals surface area contributed by atoms with Crippen molar-refractivity contribution in [3.63, 3.8) is 0 Å². The summed E-state index contributed by atoms with van der Waals surface area (Å²) >= 11 is 0. The molecule has 0 N–H and O–H groups in total. The molecular formula is C46H28N4O. The average molecular weight is 653 g/mol. The van der Waals surface area contributed by atoms with E-state index in [2.05, 4.69) is 143 Å². The highest BCUT2D eigenvalue weighted by molar-refractivity contribution is 6.13. The van der Waals surface area contributed by atoms with Gasteiger partial charge < -0.3 is 8.98 Å². The van der Waals surface area contributed by atoms with Crippen LogP contribution in [0, 0.1) is 0 Å². The molecule has 0 spiro atoms. The fourth-order valence-electron chi connectivity index (χ4n) is 7.85. The fourth-order valence-corrected chi connectivity index (χ4v) is 7.85. The van der Waals surface area contributed by atoms with Gasteiger partial charge in [0.05, 0.1) is 22.1 Å². The first-order valence-corrected chi connectivity index (χ1v) is 17.2. The molecule has 11 rings (SSSR count). The molecule has 5 nitrogen and oxygen atoms in total. The van der Waals surface area contributed by atoms with Gasteiger partial charge in [0.2, 0.25) is 5.95 Å². The van der Waals surface area contributed by atoms with Crippen molar-refractivity contribution in [2.24, 2.45) is 0 Å². The molecule has 11 aromatic rings. The van der Waals surface area contributed by atoms with Crippen LogP contribution in [0.2, 0.25) is 0 Å². The Hall–Kier alpha value is -6.98. The minimum Gasteiger partial charge on any atom is -0.452 e. The third kappa shape index (κ3) is 4.15. The van der Waals surface area contributed by atoms with E-state index in [-0.39, 0.29) is 0 Å². The number of hydrogen-bond donors (Lipinski definition) is 0. The Labute approximate surface area is 292 Å². The average Bonchev–Trinajstić information content (AvgIpc) is 3.85. The first-order valence-electron chi connectivity index (χ1n) is 17.2. The second-order valence-electron chi connectivity index (χ2n) is 13.0. The van der Waals surface area contributed by atoms with Crippen LogP contribution in [0.5, 0.6) is 0 Å². The Balaban J connectivity index is 1.14. The molecule has 0 atom stereocenters. The van der Waals surface area contributed by atoms with Crippen molar-refractivity contribution >= 4 is 65.7 Å². The molecule has 4 heterocycles. The lowest BCUT2D eigenvalue weighted by atomic mass is 10.0. The van der Waals surface area contributed by atoms with Gasteiger partial charge in [-0.1, -0.05) is 109 Å². The van der Waals surface area contributed by atoms with E-state index in [0.29, 0.717) is 11.5 Å². The Kier molecular flexibility index (Phi) is 5.89. The number of fused-ring (bicyclic) bond motifs is 9. The quantitative estimate of drug-likeness (QED) is 0.190. The van der Waals surface area contributed by atoms with Crippen LogP contribution in [0.1, 0.15) is 0 Å². The molecule has 51 heavy (non-hydrogen) atoms. The predicted octanol–water partition coefficient (Wildman–Crippen LogP) is 11.9. The van der Waals surface area contributed by atoms with Gasteiger partial charge in [0.15, 0.2) is 5.58 Å². The molecule has 0 amide bonds. The number of rotatable bonds is 4. The molecule has 4 aromatic heterocycles. The highest BCUT2D eigenvalue weighted by atomic mass is 16.3. The van der Waals surface area contributed by atoms with Crippen LogP contribution in [-0.4, -0.2) is 19.1 Å². The third-order valence-corrected chi connectivity index (χ3v) is 10.1. The lowest BCUT2D eigenvalue weighted by Crippen LogP contribution is -2.02. The number of benzene rings is 7. The van der Waals surface area contributed by atoms with Gasteiger partial charge in [-0.15, -0.1) is 0 Å². The van der Waals surface area contributed by atoms with Gasteiger partial charge in [-0.2, -0.15) is 0 Å². The van der Waals surface area contributed by atoms with Gasteiger partial charge >= 0.3 is 0 Å². The molecule has 0 saturated carbocycles. The van der Waals surface area contributed by atoms with E-state index in [4.69, 9.17) is 14.4 Å². The number of para-hydroxylation sites is 4. The van der Waals surface area contributed by atoms with Gasteiger partial charge in [0, 0.05) is 38.2 Å². The van der Waals surface area contributed by atoms with Crippen LogP contribution in [0.15, 0.2) is 174 Å². The standard InChI is InChI=1S/C46H28N4O/c1-3-13-29(14-4-1)43-45-44(35-19-9-12-22-42(35)51-45)48-46(47-43)50-39-21-11-8-18-34(39)37-28-31(24-26-41(37)50)30-23-25-40-36(27-30)33-17-7-10-20-38(33)49(40)32-15-5-2-6-16-32/h1-28H. The summed E-state index contributed by atoms with van der Waals surface area (Å²) in [4.78, 5) is 10.5. The highest BCUT2D eigenvalue weighted by Crippen LogP contribution is 2.39. The fraction of sp³-hybridized carbons (Fsp3) is 0. The van der Waals surface area contributed by atoms with Crippen molar-refractivity contribution < 1.29 is 4.42 Å². The van der Waals surface area contributed by atoms with Gasteiger partial charge in [-0.25, -0.2) is 9.97 Å². The zero-order valence-electron chi connectivity index (χ0n) is 27.4. The SMILES string of the molecule is c1ccc(-c2nc(-n3c4ccccc4c4cc(-c5ccc6c(c5)c5ccccc5n6-c5ccccc5)ccc43)nc3c2oc2ccccc23)cc1. The Bertz CT molecular complexity index is 3130. The van der Waals surface area contributed by atoms with Gasteiger partial charge in [-0.05, 0) is 71.8 Å². The summed E-state index contributed by atoms with van der Waals surface area (Å²) in [5.74, 6) is 0.613. The molecule has 0 aliphatic heterocycles. The molecule has 0 unspecified atom stereocenters. The molecule has 0 aliphatic rings. The molecule has 0 saturated heterocycles. The summed E-state index contributed by atoms with van der Waals surface area (Å²) in [5.41, 5.74) is 12.0. The summed E-state index contributed by atoms with van der Waals surface area (Å²) in [5, 5.41) is 5.75. The third-order valence-electron chi connectivity index (χ3n) is 10.1. The minimum atomic E-state index is 0.613. The molecule has 238 valence electrons. The number of furan rings is 1. The molecule has 0 fully saturated rings. The summed E-state index contributed by atoms with van der Waals surface area (Å²) < 4.78 is 10.9. The van der Waals surface area contributed by atoms with Gasteiger partial charge in [-0.3, -0.25) is 4.57 Å². The minimum absolute atomic E-state index is 0.613. The number of nitrogens with zero attached hydrogens (tertiary/aromatic N) is 4. The van der Waals surface area contributed by atoms with E-state index in [1.54, 1.807) is 0 Å². The van der Waals surface area contributed by atoms with Crippen molar-refractivity contribution in [1.29, 1.82) is 0 Å². The van der Waals surface area contributed by atoms with E-state index >= 15 is 0 Å². The summed E-state index contributed by atoms with van der Waals surface area (Å²) in [7, 11) is 0. The molecule has 0 aliphatic carbocycles. The number of aromatic nitrogens is 4. The maximum absolute atomic E-state index is 6.40. The Morgan fingerprint density at radius 3 is 1.61 bits per heavy atom. The van der Waals surface area contributed by atoms with E-state index in [9.17, 15) is 0 Å². The first kappa shape index (κ1) is 27.9. The predicted molar refractivity (Wildman–Crippen MR) is 209 cm³/mol. The lowest BCUT2D eigenvalue weighted by molar-refractivity contribution is 0.666. The topological polar surface area (TPSA) is 48.8 Å². The van der Waals surface area contributed by atoms with Crippen LogP contribution in [-0.2, 0) is 0 Å². The largest absolute Gasteiger partial charge is 0.452 e. The van der Waals surface area contributed by atoms with Crippen LogP contribution < -0.4 is 0 Å². The smallest absolute Gasteiger partial charge is 0.236 e. The first-order chi connectivity index (χ1) is 25.3. The van der Waals surface area contributed by atoms with E-state index in [1.165, 1.54) is 27.4 Å². The van der Waals surface area contributed by atoms with E-state index < -0.39 is 0 Å². The maximum atomic E-state index is 6.40. The monoisotopic (exact) mass is 652 g/mol. The second kappa shape index (κ2) is 10.8. The molecule has 7 aromatic carbocycles. The van der Waals surface area contributed by atoms with Crippen LogP contribution in [0.3, 0.4) is 0 Å². The zero-order chi connectivity index (χ0) is 33.5. The second-order valence-corrected chi connectivity index (χ2v) is 13.0. The molecule has 0 bridgehead atoms. The summed E-state index contributed by atoms with van der Waals surface area (Å²) in [6.07, 6.45) is 0. The summed E-state index contributed by atoms with van der Waals surface area (Å²) in [6.45, 7) is 0. The van der Waals surface area contributed by atoms with Crippen LogP contribution in [0.4, 0.5) is 0 Å². The van der Waals surface area contributed by atoms with Crippen molar-refractivity contribution in [3.8, 4) is 34.0 Å². The Morgan fingerprint density at radius 2 is 0.922 bits per heavy atom. The van der Waals surface area contributed by atoms with Crippen molar-refractivity contribution in [3.05, 3.63) is 170 Å². The maximum Gasteiger partial charge on any atom is 0.236 e. The normalized spacial score (nSPS) is 11.9. The van der Waals surface area contributed by atoms with Crippen molar-refractivity contribution in [2.75, 3.05) is 0 Å². The molecule has 5 heteroatoms. The summed E-state index contributed by atoms with van der Waals surface area (Å²) in [6, 6.07) is 59.7. The van der Waals surface area contributed by atoms with E-state index in [0.717, 1.165) is 60.8 Å². The lowest BCUT2D eigenvalue weighted by Gasteiger charge is -2.10. The van der Waals surface area contributed by atoms with Crippen molar-refractivity contribution in [1.82, 2.24) is 19.1 Å². The molecular weight excluding hydrogens is 625 g/mol. The zero-order valence-corrected chi connectivity index (χ0v) is 27.4. The van der Waals surface area contributed by atoms with E-state index in [1.807, 2.05) is 36.4 Å². The highest BCUT2D eigenvalue weighted by Gasteiger charge is 2.21. The Morgan fingerprint density at radius 1 is 0.392 bits per heavy atom.